The average Bonchev–Trinajstić information content (AvgIpc) is 2.57. The summed E-state index contributed by atoms with van der Waals surface area (Å²) in [6.07, 6.45) is 3.01. The van der Waals surface area contributed by atoms with Gasteiger partial charge in [0.25, 0.3) is 0 Å². The fourth-order valence-electron chi connectivity index (χ4n) is 3.78. The zero-order valence-corrected chi connectivity index (χ0v) is 14.9. The molecule has 0 saturated heterocycles. The van der Waals surface area contributed by atoms with Crippen molar-refractivity contribution in [1.82, 2.24) is 5.32 Å². The number of hydrogen-bond donors (Lipinski definition) is 2. The maximum Gasteiger partial charge on any atom is 0.248 e. The number of aryl methyl sites for hydroxylation is 1. The summed E-state index contributed by atoms with van der Waals surface area (Å²) >= 11 is 0. The molecule has 1 aliphatic carbocycles. The Labute approximate surface area is 144 Å². The molecule has 1 aromatic rings. The van der Waals surface area contributed by atoms with Gasteiger partial charge >= 0.3 is 0 Å². The summed E-state index contributed by atoms with van der Waals surface area (Å²) in [7, 11) is 0. The van der Waals surface area contributed by atoms with Crippen molar-refractivity contribution in [2.24, 2.45) is 11.8 Å². The fraction of sp³-hybridized carbons (Fsp3) is 0.700. The van der Waals surface area contributed by atoms with Gasteiger partial charge in [0.05, 0.1) is 0 Å². The third kappa shape index (κ3) is 5.52. The van der Waals surface area contributed by atoms with Crippen LogP contribution in [0.5, 0.6) is 0 Å². The number of rotatable bonds is 8. The van der Waals surface area contributed by atoms with Gasteiger partial charge < -0.3 is 10.4 Å². The minimum atomic E-state index is -2.47. The first kappa shape index (κ1) is 19.3. The van der Waals surface area contributed by atoms with E-state index in [1.165, 1.54) is 11.1 Å². The minimum Gasteiger partial charge on any atom is -0.396 e. The van der Waals surface area contributed by atoms with Crippen LogP contribution in [0, 0.1) is 18.8 Å². The van der Waals surface area contributed by atoms with E-state index >= 15 is 0 Å². The Morgan fingerprint density at radius 1 is 1.25 bits per heavy atom. The first-order valence-corrected chi connectivity index (χ1v) is 9.21. The number of nitrogens with one attached hydrogen (secondary N) is 1. The van der Waals surface area contributed by atoms with Gasteiger partial charge in [0.15, 0.2) is 0 Å². The van der Waals surface area contributed by atoms with Crippen LogP contribution in [0.15, 0.2) is 24.3 Å². The van der Waals surface area contributed by atoms with Crippen molar-refractivity contribution in [3.63, 3.8) is 0 Å². The molecule has 2 nitrogen and oxygen atoms in total. The summed E-state index contributed by atoms with van der Waals surface area (Å²) in [6.45, 7) is 5.07. The molecule has 1 saturated carbocycles. The summed E-state index contributed by atoms with van der Waals surface area (Å²) in [5.41, 5.74) is 2.52. The van der Waals surface area contributed by atoms with Gasteiger partial charge in [0, 0.05) is 32.0 Å². The summed E-state index contributed by atoms with van der Waals surface area (Å²) < 4.78 is 26.7. The van der Waals surface area contributed by atoms with Gasteiger partial charge in [-0.1, -0.05) is 31.2 Å². The van der Waals surface area contributed by atoms with Crippen molar-refractivity contribution in [3.8, 4) is 0 Å². The molecule has 1 aromatic carbocycles. The molecule has 2 atom stereocenters. The SMILES string of the molecule is CCC(NCC(CO)Cc1ccccc1C)C1CCC(F)(F)CC1. The Hall–Kier alpha value is -1.00. The maximum absolute atomic E-state index is 13.3. The molecule has 0 bridgehead atoms. The molecule has 2 unspecified atom stereocenters. The van der Waals surface area contributed by atoms with Crippen molar-refractivity contribution in [2.45, 2.75) is 64.3 Å². The Morgan fingerprint density at radius 3 is 2.50 bits per heavy atom. The third-order valence-electron chi connectivity index (χ3n) is 5.47. The molecule has 0 amide bonds. The second kappa shape index (κ2) is 8.91. The summed E-state index contributed by atoms with van der Waals surface area (Å²) in [6, 6.07) is 8.53. The Bertz CT molecular complexity index is 496. The van der Waals surface area contributed by atoms with Gasteiger partial charge in [-0.2, -0.15) is 0 Å². The maximum atomic E-state index is 13.3. The van der Waals surface area contributed by atoms with E-state index in [9.17, 15) is 13.9 Å². The molecule has 0 radical (unpaired) electrons. The van der Waals surface area contributed by atoms with Crippen LogP contribution in [-0.2, 0) is 6.42 Å². The molecule has 0 spiro atoms. The van der Waals surface area contributed by atoms with Gasteiger partial charge in [0.1, 0.15) is 0 Å². The molecule has 2 N–H and O–H groups in total. The van der Waals surface area contributed by atoms with E-state index in [1.807, 2.05) is 12.1 Å². The number of aliphatic hydroxyl groups is 1. The highest BCUT2D eigenvalue weighted by Gasteiger charge is 2.37. The van der Waals surface area contributed by atoms with E-state index in [2.05, 4.69) is 31.3 Å². The lowest BCUT2D eigenvalue weighted by Crippen LogP contribution is -2.42. The smallest absolute Gasteiger partial charge is 0.248 e. The van der Waals surface area contributed by atoms with Crippen LogP contribution in [0.25, 0.3) is 0 Å². The monoisotopic (exact) mass is 339 g/mol. The topological polar surface area (TPSA) is 32.3 Å². The van der Waals surface area contributed by atoms with Crippen molar-refractivity contribution >= 4 is 0 Å². The highest BCUT2D eigenvalue weighted by Crippen LogP contribution is 2.38. The van der Waals surface area contributed by atoms with Gasteiger partial charge in [-0.3, -0.25) is 0 Å². The predicted molar refractivity (Wildman–Crippen MR) is 94.4 cm³/mol. The second-order valence-electron chi connectivity index (χ2n) is 7.30. The van der Waals surface area contributed by atoms with Crippen LogP contribution in [0.4, 0.5) is 8.78 Å². The van der Waals surface area contributed by atoms with Crippen LogP contribution < -0.4 is 5.32 Å². The molecule has 0 aromatic heterocycles. The summed E-state index contributed by atoms with van der Waals surface area (Å²) in [4.78, 5) is 0. The largest absolute Gasteiger partial charge is 0.396 e. The molecule has 136 valence electrons. The lowest BCUT2D eigenvalue weighted by Gasteiger charge is -2.34. The zero-order valence-electron chi connectivity index (χ0n) is 14.9. The molecular weight excluding hydrogens is 308 g/mol. The molecule has 24 heavy (non-hydrogen) atoms. The van der Waals surface area contributed by atoms with Crippen LogP contribution in [0.2, 0.25) is 0 Å². The average molecular weight is 339 g/mol. The van der Waals surface area contributed by atoms with Gasteiger partial charge in [-0.05, 0) is 55.6 Å². The van der Waals surface area contributed by atoms with E-state index < -0.39 is 5.92 Å². The molecule has 4 heteroatoms. The number of alkyl halides is 2. The summed E-state index contributed by atoms with van der Waals surface area (Å²) in [5.74, 6) is -1.98. The molecule has 0 aliphatic heterocycles. The number of hydrogen-bond acceptors (Lipinski definition) is 2. The lowest BCUT2D eigenvalue weighted by molar-refractivity contribution is -0.0498. The van der Waals surface area contributed by atoms with Gasteiger partial charge in [-0.15, -0.1) is 0 Å². The van der Waals surface area contributed by atoms with Gasteiger partial charge in [-0.25, -0.2) is 8.78 Å². The highest BCUT2D eigenvalue weighted by molar-refractivity contribution is 5.26. The highest BCUT2D eigenvalue weighted by atomic mass is 19.3. The quantitative estimate of drug-likeness (QED) is 0.738. The molecular formula is C20H31F2NO. The fourth-order valence-corrected chi connectivity index (χ4v) is 3.78. The number of aliphatic hydroxyl groups excluding tert-OH is 1. The van der Waals surface area contributed by atoms with Crippen LogP contribution >= 0.6 is 0 Å². The molecule has 1 aliphatic rings. The molecule has 1 fully saturated rings. The van der Waals surface area contributed by atoms with E-state index in [0.29, 0.717) is 18.8 Å². The summed E-state index contributed by atoms with van der Waals surface area (Å²) in [5, 5.41) is 13.3. The van der Waals surface area contributed by atoms with Crippen molar-refractivity contribution in [3.05, 3.63) is 35.4 Å². The van der Waals surface area contributed by atoms with E-state index in [4.69, 9.17) is 0 Å². The standard InChI is InChI=1S/C20H31F2NO/c1-3-19(17-8-10-20(21,22)11-9-17)23-13-16(14-24)12-18-7-5-4-6-15(18)2/h4-7,16-17,19,23-24H,3,8-14H2,1-2H3. The third-order valence-corrected chi connectivity index (χ3v) is 5.47. The molecule has 2 rings (SSSR count). The Kier molecular flexibility index (Phi) is 7.17. The van der Waals surface area contributed by atoms with E-state index in [0.717, 1.165) is 19.4 Å². The lowest BCUT2D eigenvalue weighted by atomic mass is 9.81. The zero-order chi connectivity index (χ0) is 17.6. The van der Waals surface area contributed by atoms with Crippen LogP contribution in [0.1, 0.15) is 50.2 Å². The Morgan fingerprint density at radius 2 is 1.92 bits per heavy atom. The number of benzene rings is 1. The first-order valence-electron chi connectivity index (χ1n) is 9.21. The van der Waals surface area contributed by atoms with E-state index in [1.54, 1.807) is 0 Å². The Balaban J connectivity index is 1.85. The van der Waals surface area contributed by atoms with Crippen molar-refractivity contribution in [2.75, 3.05) is 13.2 Å². The van der Waals surface area contributed by atoms with Crippen LogP contribution in [0.3, 0.4) is 0 Å². The van der Waals surface area contributed by atoms with E-state index in [-0.39, 0.29) is 31.4 Å². The normalized spacial score (nSPS) is 20.7. The first-order chi connectivity index (χ1) is 11.4. The van der Waals surface area contributed by atoms with Crippen LogP contribution in [-0.4, -0.2) is 30.2 Å². The van der Waals surface area contributed by atoms with Crippen molar-refractivity contribution in [1.29, 1.82) is 0 Å². The second-order valence-corrected chi connectivity index (χ2v) is 7.30. The predicted octanol–water partition coefficient (Wildman–Crippen LogP) is 4.34. The molecule has 0 heterocycles. The number of halogens is 2. The van der Waals surface area contributed by atoms with Crippen molar-refractivity contribution < 1.29 is 13.9 Å². The van der Waals surface area contributed by atoms with Gasteiger partial charge in [0.2, 0.25) is 5.92 Å². The minimum absolute atomic E-state index is 0.0164.